The first-order chi connectivity index (χ1) is 17.3. The lowest BCUT2D eigenvalue weighted by Gasteiger charge is -2.23. The van der Waals surface area contributed by atoms with E-state index in [9.17, 15) is 35.5 Å². The van der Waals surface area contributed by atoms with E-state index >= 15 is 0 Å². The number of ketones is 2. The number of benzene rings is 3. The molecular weight excluding hydrogens is 522 g/mol. The minimum atomic E-state index is -4.50. The Morgan fingerprint density at radius 3 is 1.68 bits per heavy atom. The van der Waals surface area contributed by atoms with Crippen LogP contribution < -0.4 is 15.5 Å². The molecule has 0 saturated heterocycles. The minimum absolute atomic E-state index is 0.107. The predicted octanol–water partition coefficient (Wildman–Crippen LogP) is 2.95. The molecule has 3 aromatic carbocycles. The Hall–Kier alpha value is -3.78. The Balaban J connectivity index is 1.54. The van der Waals surface area contributed by atoms with Crippen molar-refractivity contribution in [3.8, 4) is 0 Å². The van der Waals surface area contributed by atoms with Gasteiger partial charge >= 0.3 is 0 Å². The number of rotatable bonds is 5. The number of nitrogens with one attached hydrogen (secondary N) is 2. The number of fused-ring (bicyclic) bond motifs is 2. The summed E-state index contributed by atoms with van der Waals surface area (Å²) in [5.74, 6) is -0.816. The van der Waals surface area contributed by atoms with Gasteiger partial charge in [0.25, 0.3) is 20.2 Å². The first-order valence-electron chi connectivity index (χ1n) is 10.9. The van der Waals surface area contributed by atoms with Gasteiger partial charge in [0.2, 0.25) is 0 Å². The predicted molar refractivity (Wildman–Crippen MR) is 135 cm³/mol. The molecule has 0 spiro atoms. The fourth-order valence-electron chi connectivity index (χ4n) is 4.62. The molecule has 2 unspecified atom stereocenters. The lowest BCUT2D eigenvalue weighted by molar-refractivity contribution is 0.0973. The third-order valence-electron chi connectivity index (χ3n) is 6.41. The number of carbonyl (C=O) groups is 2. The van der Waals surface area contributed by atoms with Gasteiger partial charge in [-0.15, -0.1) is 0 Å². The van der Waals surface area contributed by atoms with Crippen LogP contribution >= 0.6 is 0 Å². The van der Waals surface area contributed by atoms with E-state index in [1.807, 2.05) is 0 Å². The van der Waals surface area contributed by atoms with Crippen molar-refractivity contribution in [2.75, 3.05) is 29.6 Å². The molecular formula is C24H21N3O8S2. The highest BCUT2D eigenvalue weighted by Crippen LogP contribution is 2.41. The van der Waals surface area contributed by atoms with Crippen LogP contribution in [0.3, 0.4) is 0 Å². The van der Waals surface area contributed by atoms with E-state index in [1.54, 1.807) is 37.2 Å². The van der Waals surface area contributed by atoms with Crippen molar-refractivity contribution in [2.24, 2.45) is 0 Å². The van der Waals surface area contributed by atoms with Gasteiger partial charge in [0.1, 0.15) is 12.1 Å². The zero-order chi connectivity index (χ0) is 26.9. The van der Waals surface area contributed by atoms with E-state index in [2.05, 4.69) is 10.6 Å². The van der Waals surface area contributed by atoms with Gasteiger partial charge in [-0.05, 0) is 54.1 Å². The average molecular weight is 544 g/mol. The number of hydrogen-bond acceptors (Lipinski definition) is 9. The summed E-state index contributed by atoms with van der Waals surface area (Å²) in [6, 6.07) is 10.8. The van der Waals surface area contributed by atoms with Crippen molar-refractivity contribution >= 4 is 48.9 Å². The van der Waals surface area contributed by atoms with Gasteiger partial charge in [-0.3, -0.25) is 18.7 Å². The molecule has 0 bridgehead atoms. The molecule has 3 aromatic rings. The fraction of sp³-hybridized carbons (Fsp3) is 0.167. The standard InChI is InChI=1S/C24H21N3O8S2/c1-27(2)20-8-3-12(21-23(28)15-10-13(36(30,31)32)4-6-18(15)25-21)9-17(20)22-24(29)16-11-14(37(33,34)35)5-7-19(16)26-22/h3-11,21-22,25-26H,1-2H3,(H,30,31,32)(H,33,34,35). The molecule has 0 fully saturated rings. The molecule has 11 nitrogen and oxygen atoms in total. The molecule has 4 N–H and O–H groups in total. The topological polar surface area (TPSA) is 170 Å². The molecule has 0 aliphatic carbocycles. The summed E-state index contributed by atoms with van der Waals surface area (Å²) in [5.41, 5.74) is 2.74. The maximum atomic E-state index is 13.3. The summed E-state index contributed by atoms with van der Waals surface area (Å²) in [7, 11) is -5.42. The third kappa shape index (κ3) is 4.25. The van der Waals surface area contributed by atoms with Gasteiger partial charge in [-0.1, -0.05) is 6.07 Å². The van der Waals surface area contributed by atoms with Gasteiger partial charge < -0.3 is 15.5 Å². The van der Waals surface area contributed by atoms with E-state index in [0.717, 1.165) is 12.1 Å². The van der Waals surface area contributed by atoms with Gasteiger partial charge in [0, 0.05) is 47.8 Å². The zero-order valence-electron chi connectivity index (χ0n) is 19.5. The maximum Gasteiger partial charge on any atom is 0.294 e. The van der Waals surface area contributed by atoms with Crippen LogP contribution in [0.4, 0.5) is 17.1 Å². The monoisotopic (exact) mass is 543 g/mol. The molecule has 0 radical (unpaired) electrons. The van der Waals surface area contributed by atoms with Gasteiger partial charge in [-0.2, -0.15) is 16.8 Å². The molecule has 2 aliphatic heterocycles. The Labute approximate surface area is 212 Å². The van der Waals surface area contributed by atoms with Crippen LogP contribution in [0.25, 0.3) is 0 Å². The largest absolute Gasteiger partial charge is 0.377 e. The Morgan fingerprint density at radius 2 is 1.19 bits per heavy atom. The Kier molecular flexibility index (Phi) is 5.64. The lowest BCUT2D eigenvalue weighted by atomic mass is 9.93. The van der Waals surface area contributed by atoms with E-state index in [1.165, 1.54) is 24.3 Å². The van der Waals surface area contributed by atoms with Crippen LogP contribution in [0, 0.1) is 0 Å². The van der Waals surface area contributed by atoms with E-state index < -0.39 is 53.7 Å². The fourth-order valence-corrected chi connectivity index (χ4v) is 5.64. The number of anilines is 3. The first kappa shape index (κ1) is 24.9. The molecule has 37 heavy (non-hydrogen) atoms. The first-order valence-corrected chi connectivity index (χ1v) is 13.8. The Morgan fingerprint density at radius 1 is 0.703 bits per heavy atom. The summed E-state index contributed by atoms with van der Waals surface area (Å²) in [4.78, 5) is 27.5. The zero-order valence-corrected chi connectivity index (χ0v) is 21.1. The van der Waals surface area contributed by atoms with Crippen LogP contribution in [0.15, 0.2) is 64.4 Å². The third-order valence-corrected chi connectivity index (χ3v) is 8.11. The molecule has 13 heteroatoms. The average Bonchev–Trinajstić information content (AvgIpc) is 3.33. The second kappa shape index (κ2) is 8.38. The molecule has 0 saturated carbocycles. The van der Waals surface area contributed by atoms with E-state index in [-0.39, 0.29) is 11.1 Å². The van der Waals surface area contributed by atoms with Crippen molar-refractivity contribution in [2.45, 2.75) is 21.9 Å². The molecule has 0 aromatic heterocycles. The summed E-state index contributed by atoms with van der Waals surface area (Å²) < 4.78 is 64.9. The van der Waals surface area contributed by atoms with Gasteiger partial charge in [0.15, 0.2) is 11.6 Å². The number of hydrogen-bond donors (Lipinski definition) is 4. The summed E-state index contributed by atoms with van der Waals surface area (Å²) >= 11 is 0. The SMILES string of the molecule is CN(C)c1ccc(C2Nc3ccc(S(=O)(=O)O)cc3C2=O)cc1C1Nc2ccc(S(=O)(=O)O)cc2C1=O. The molecule has 192 valence electrons. The molecule has 0 amide bonds. The Bertz CT molecular complexity index is 1720. The van der Waals surface area contributed by atoms with Crippen molar-refractivity contribution in [1.82, 2.24) is 0 Å². The molecule has 2 aliphatic rings. The van der Waals surface area contributed by atoms with Crippen molar-refractivity contribution in [3.05, 3.63) is 76.9 Å². The maximum absolute atomic E-state index is 13.3. The van der Waals surface area contributed by atoms with Gasteiger partial charge in [0.05, 0.1) is 9.79 Å². The highest BCUT2D eigenvalue weighted by molar-refractivity contribution is 7.86. The van der Waals surface area contributed by atoms with Crippen molar-refractivity contribution in [1.29, 1.82) is 0 Å². The quantitative estimate of drug-likeness (QED) is 0.349. The van der Waals surface area contributed by atoms with Crippen LogP contribution in [0.5, 0.6) is 0 Å². The van der Waals surface area contributed by atoms with Crippen LogP contribution in [-0.4, -0.2) is 51.6 Å². The second-order valence-electron chi connectivity index (χ2n) is 8.96. The molecule has 2 atom stereocenters. The normalized spacial score (nSPS) is 18.7. The number of Topliss-reactive ketones (excluding diaryl/α,β-unsaturated/α-hetero) is 2. The lowest BCUT2D eigenvalue weighted by Crippen LogP contribution is -2.20. The van der Waals surface area contributed by atoms with Gasteiger partial charge in [-0.25, -0.2) is 0 Å². The van der Waals surface area contributed by atoms with Crippen molar-refractivity contribution in [3.63, 3.8) is 0 Å². The van der Waals surface area contributed by atoms with E-state index in [4.69, 9.17) is 0 Å². The van der Waals surface area contributed by atoms with E-state index in [0.29, 0.717) is 28.2 Å². The van der Waals surface area contributed by atoms with Crippen LogP contribution in [0.2, 0.25) is 0 Å². The highest BCUT2D eigenvalue weighted by atomic mass is 32.2. The summed E-state index contributed by atoms with van der Waals surface area (Å²) in [5, 5.41) is 6.15. The minimum Gasteiger partial charge on any atom is -0.377 e. The van der Waals surface area contributed by atoms with Crippen LogP contribution in [0.1, 0.15) is 43.9 Å². The molecule has 2 heterocycles. The van der Waals surface area contributed by atoms with Crippen molar-refractivity contribution < 1.29 is 35.5 Å². The highest BCUT2D eigenvalue weighted by Gasteiger charge is 2.37. The molecule has 5 rings (SSSR count). The van der Waals surface area contributed by atoms with Crippen LogP contribution in [-0.2, 0) is 20.2 Å². The summed E-state index contributed by atoms with van der Waals surface area (Å²) in [6.07, 6.45) is 0. The smallest absolute Gasteiger partial charge is 0.294 e. The number of carbonyl (C=O) groups excluding carboxylic acids is 2. The number of nitrogens with zero attached hydrogens (tertiary/aromatic N) is 1. The second-order valence-corrected chi connectivity index (χ2v) is 11.8. The summed E-state index contributed by atoms with van der Waals surface area (Å²) in [6.45, 7) is 0.